The van der Waals surface area contributed by atoms with Crippen molar-refractivity contribution in [3.05, 3.63) is 0 Å². The molecule has 0 aromatic carbocycles. The van der Waals surface area contributed by atoms with Gasteiger partial charge in [0, 0.05) is 12.6 Å². The predicted octanol–water partition coefficient (Wildman–Crippen LogP) is 0.358. The fraction of sp³-hybridized carbons (Fsp3) is 0.875. The predicted molar refractivity (Wildman–Crippen MR) is 50.7 cm³/mol. The second-order valence-corrected chi connectivity index (χ2v) is 3.15. The highest BCUT2D eigenvalue weighted by Crippen LogP contribution is 2.18. The average molecular weight is 170 g/mol. The standard InChI is InChI=1S/C8H18N4/c1-2-3-6-10-8(12-9)11-7-4-5-7/h7H,2-6,9H2,1H3,(H2,10,11,12). The number of nitrogens with one attached hydrogen (secondary N) is 2. The molecule has 0 saturated heterocycles. The second-order valence-electron chi connectivity index (χ2n) is 3.15. The van der Waals surface area contributed by atoms with Crippen LogP contribution in [0.2, 0.25) is 0 Å². The molecule has 0 amide bonds. The van der Waals surface area contributed by atoms with E-state index in [-0.39, 0.29) is 0 Å². The van der Waals surface area contributed by atoms with Crippen LogP contribution in [0.3, 0.4) is 0 Å². The number of guanidine groups is 1. The second kappa shape index (κ2) is 4.98. The molecule has 4 nitrogen and oxygen atoms in total. The lowest BCUT2D eigenvalue weighted by Crippen LogP contribution is -2.42. The third-order valence-electron chi connectivity index (χ3n) is 1.84. The van der Waals surface area contributed by atoms with Crippen molar-refractivity contribution in [3.63, 3.8) is 0 Å². The van der Waals surface area contributed by atoms with E-state index in [1.807, 2.05) is 0 Å². The average Bonchev–Trinajstić information content (AvgIpc) is 2.87. The molecule has 1 aliphatic carbocycles. The third kappa shape index (κ3) is 3.57. The minimum atomic E-state index is 0.612. The molecule has 0 aromatic heterocycles. The van der Waals surface area contributed by atoms with E-state index in [0.29, 0.717) is 6.04 Å². The maximum absolute atomic E-state index is 5.29. The van der Waals surface area contributed by atoms with Crippen LogP contribution in [0.5, 0.6) is 0 Å². The zero-order valence-corrected chi connectivity index (χ0v) is 7.64. The van der Waals surface area contributed by atoms with Gasteiger partial charge >= 0.3 is 0 Å². The number of unbranched alkanes of at least 4 members (excludes halogenated alkanes) is 1. The number of aliphatic imine (C=N–C) groups is 1. The van der Waals surface area contributed by atoms with E-state index in [1.165, 1.54) is 19.3 Å². The van der Waals surface area contributed by atoms with Crippen LogP contribution < -0.4 is 16.6 Å². The van der Waals surface area contributed by atoms with Gasteiger partial charge in [-0.15, -0.1) is 0 Å². The minimum Gasteiger partial charge on any atom is -0.353 e. The van der Waals surface area contributed by atoms with E-state index >= 15 is 0 Å². The minimum absolute atomic E-state index is 0.612. The molecule has 0 bridgehead atoms. The SMILES string of the molecule is CCCCN=C(NN)NC1CC1. The molecule has 0 heterocycles. The van der Waals surface area contributed by atoms with Gasteiger partial charge in [0.2, 0.25) is 5.96 Å². The Balaban J connectivity index is 2.16. The summed E-state index contributed by atoms with van der Waals surface area (Å²) in [7, 11) is 0. The summed E-state index contributed by atoms with van der Waals surface area (Å²) in [6.07, 6.45) is 4.78. The molecule has 1 fully saturated rings. The van der Waals surface area contributed by atoms with Crippen molar-refractivity contribution in [1.29, 1.82) is 0 Å². The summed E-state index contributed by atoms with van der Waals surface area (Å²) in [5.74, 6) is 6.03. The molecule has 12 heavy (non-hydrogen) atoms. The lowest BCUT2D eigenvalue weighted by atomic mass is 10.3. The first kappa shape index (κ1) is 9.32. The van der Waals surface area contributed by atoms with E-state index in [0.717, 1.165) is 18.9 Å². The van der Waals surface area contributed by atoms with Crippen molar-refractivity contribution in [2.75, 3.05) is 6.54 Å². The summed E-state index contributed by atoms with van der Waals surface area (Å²) in [5, 5.41) is 3.21. The van der Waals surface area contributed by atoms with Gasteiger partial charge in [-0.3, -0.25) is 10.4 Å². The highest BCUT2D eigenvalue weighted by atomic mass is 15.3. The van der Waals surface area contributed by atoms with E-state index in [4.69, 9.17) is 5.84 Å². The number of hydrogen-bond donors (Lipinski definition) is 3. The van der Waals surface area contributed by atoms with Crippen LogP contribution in [0.4, 0.5) is 0 Å². The Bertz CT molecular complexity index is 151. The van der Waals surface area contributed by atoms with Gasteiger partial charge in [0.15, 0.2) is 0 Å². The topological polar surface area (TPSA) is 62.4 Å². The number of hydrazine groups is 1. The lowest BCUT2D eigenvalue weighted by Gasteiger charge is -2.06. The van der Waals surface area contributed by atoms with Crippen molar-refractivity contribution in [1.82, 2.24) is 10.7 Å². The number of hydrogen-bond acceptors (Lipinski definition) is 2. The molecule has 1 saturated carbocycles. The Kier molecular flexibility index (Phi) is 3.87. The zero-order chi connectivity index (χ0) is 8.81. The third-order valence-corrected chi connectivity index (χ3v) is 1.84. The molecule has 1 rings (SSSR count). The van der Waals surface area contributed by atoms with Gasteiger partial charge in [-0.1, -0.05) is 13.3 Å². The number of rotatable bonds is 4. The van der Waals surface area contributed by atoms with Gasteiger partial charge in [-0.25, -0.2) is 5.84 Å². The summed E-state index contributed by atoms with van der Waals surface area (Å²) in [6.45, 7) is 3.01. The van der Waals surface area contributed by atoms with E-state index in [1.54, 1.807) is 0 Å². The smallest absolute Gasteiger partial charge is 0.205 e. The van der Waals surface area contributed by atoms with Gasteiger partial charge in [0.25, 0.3) is 0 Å². The largest absolute Gasteiger partial charge is 0.353 e. The molecule has 0 radical (unpaired) electrons. The summed E-state index contributed by atoms with van der Waals surface area (Å²) >= 11 is 0. The molecule has 0 aromatic rings. The summed E-state index contributed by atoms with van der Waals surface area (Å²) in [5.41, 5.74) is 2.57. The Morgan fingerprint density at radius 3 is 2.83 bits per heavy atom. The quantitative estimate of drug-likeness (QED) is 0.188. The van der Waals surface area contributed by atoms with Crippen molar-refractivity contribution < 1.29 is 0 Å². The molecule has 4 heteroatoms. The van der Waals surface area contributed by atoms with Crippen LogP contribution in [-0.2, 0) is 0 Å². The van der Waals surface area contributed by atoms with Crippen molar-refractivity contribution in [2.24, 2.45) is 10.8 Å². The number of nitrogens with two attached hydrogens (primary N) is 1. The van der Waals surface area contributed by atoms with Crippen molar-refractivity contribution in [3.8, 4) is 0 Å². The normalized spacial score (nSPS) is 17.7. The van der Waals surface area contributed by atoms with E-state index in [9.17, 15) is 0 Å². The highest BCUT2D eigenvalue weighted by Gasteiger charge is 2.21. The molecule has 0 atom stereocenters. The van der Waals surface area contributed by atoms with Gasteiger partial charge in [0.1, 0.15) is 0 Å². The lowest BCUT2D eigenvalue weighted by molar-refractivity contribution is 0.774. The first-order valence-electron chi connectivity index (χ1n) is 4.64. The molecule has 70 valence electrons. The molecule has 4 N–H and O–H groups in total. The monoisotopic (exact) mass is 170 g/mol. The first-order chi connectivity index (χ1) is 5.86. The molecular weight excluding hydrogens is 152 g/mol. The summed E-state index contributed by atoms with van der Waals surface area (Å²) in [6, 6.07) is 0.612. The van der Waals surface area contributed by atoms with Crippen LogP contribution in [-0.4, -0.2) is 18.5 Å². The maximum atomic E-state index is 5.29. The van der Waals surface area contributed by atoms with Crippen molar-refractivity contribution in [2.45, 2.75) is 38.6 Å². The van der Waals surface area contributed by atoms with Crippen molar-refractivity contribution >= 4 is 5.96 Å². The first-order valence-corrected chi connectivity index (χ1v) is 4.64. The van der Waals surface area contributed by atoms with Gasteiger partial charge in [-0.05, 0) is 19.3 Å². The molecular formula is C8H18N4. The van der Waals surface area contributed by atoms with Crippen LogP contribution >= 0.6 is 0 Å². The number of nitrogens with zero attached hydrogens (tertiary/aromatic N) is 1. The Hall–Kier alpha value is -0.770. The molecule has 0 aliphatic heterocycles. The van der Waals surface area contributed by atoms with Gasteiger partial charge in [0.05, 0.1) is 0 Å². The van der Waals surface area contributed by atoms with E-state index in [2.05, 4.69) is 22.7 Å². The van der Waals surface area contributed by atoms with Gasteiger partial charge < -0.3 is 5.32 Å². The van der Waals surface area contributed by atoms with Crippen LogP contribution in [0.15, 0.2) is 4.99 Å². The van der Waals surface area contributed by atoms with Crippen LogP contribution in [0.25, 0.3) is 0 Å². The Labute approximate surface area is 73.6 Å². The Morgan fingerprint density at radius 1 is 1.58 bits per heavy atom. The molecule has 0 unspecified atom stereocenters. The molecule has 0 spiro atoms. The molecule has 1 aliphatic rings. The summed E-state index contributed by atoms with van der Waals surface area (Å²) in [4.78, 5) is 4.28. The van der Waals surface area contributed by atoms with E-state index < -0.39 is 0 Å². The Morgan fingerprint density at radius 2 is 2.33 bits per heavy atom. The van der Waals surface area contributed by atoms with Crippen LogP contribution in [0, 0.1) is 0 Å². The zero-order valence-electron chi connectivity index (χ0n) is 7.64. The van der Waals surface area contributed by atoms with Crippen LogP contribution in [0.1, 0.15) is 32.6 Å². The highest BCUT2D eigenvalue weighted by molar-refractivity contribution is 5.79. The fourth-order valence-electron chi connectivity index (χ4n) is 0.903. The summed E-state index contributed by atoms with van der Waals surface area (Å²) < 4.78 is 0. The fourth-order valence-corrected chi connectivity index (χ4v) is 0.903. The van der Waals surface area contributed by atoms with Gasteiger partial charge in [-0.2, -0.15) is 0 Å². The maximum Gasteiger partial charge on any atom is 0.205 e.